The Balaban J connectivity index is 1.45. The van der Waals surface area contributed by atoms with Crippen LogP contribution in [-0.2, 0) is 13.2 Å². The normalized spacial score (nSPS) is 16.2. The van der Waals surface area contributed by atoms with Gasteiger partial charge in [0.25, 0.3) is 0 Å². The zero-order valence-electron chi connectivity index (χ0n) is 21.1. The highest BCUT2D eigenvalue weighted by Crippen LogP contribution is 2.44. The van der Waals surface area contributed by atoms with Crippen molar-refractivity contribution in [2.24, 2.45) is 0 Å². The number of carbonyl (C=O) groups is 1. The Bertz CT molecular complexity index is 1410. The highest BCUT2D eigenvalue weighted by atomic mass is 79.9. The van der Waals surface area contributed by atoms with Crippen molar-refractivity contribution in [3.05, 3.63) is 113 Å². The molecule has 4 aromatic carbocycles. The number of fused-ring (bicyclic) bond motifs is 1. The van der Waals surface area contributed by atoms with Gasteiger partial charge in [0.2, 0.25) is 0 Å². The number of carbonyl (C=O) groups excluding carboxylic acids is 1. The molecule has 0 N–H and O–H groups in total. The molecule has 0 aliphatic carbocycles. The average molecular weight is 575 g/mol. The summed E-state index contributed by atoms with van der Waals surface area (Å²) < 4.78 is 29.5. The number of alkyl halides is 1. The summed E-state index contributed by atoms with van der Waals surface area (Å²) in [5.41, 5.74) is 3.29. The first-order chi connectivity index (χ1) is 18.6. The fraction of sp³-hybridized carbons (Fsp3) is 0.194. The third-order valence-corrected chi connectivity index (χ3v) is 7.19. The van der Waals surface area contributed by atoms with Gasteiger partial charge in [0.15, 0.2) is 28.8 Å². The van der Waals surface area contributed by atoms with E-state index in [4.69, 9.17) is 23.7 Å². The van der Waals surface area contributed by atoms with Gasteiger partial charge in [-0.1, -0.05) is 82.7 Å². The summed E-state index contributed by atoms with van der Waals surface area (Å²) in [7, 11) is 3.08. The Kier molecular flexibility index (Phi) is 7.84. The molecule has 0 fully saturated rings. The van der Waals surface area contributed by atoms with Crippen LogP contribution in [0.3, 0.4) is 0 Å². The van der Waals surface area contributed by atoms with Crippen LogP contribution < -0.4 is 23.7 Å². The molecule has 2 unspecified atom stereocenters. The molecule has 1 heterocycles. The summed E-state index contributed by atoms with van der Waals surface area (Å²) in [5, 5.41) is 0. The molecule has 7 heteroatoms. The van der Waals surface area contributed by atoms with Crippen molar-refractivity contribution < 1.29 is 28.5 Å². The number of ketones is 1. The fourth-order valence-electron chi connectivity index (χ4n) is 4.27. The van der Waals surface area contributed by atoms with Crippen molar-refractivity contribution in [2.45, 2.75) is 24.1 Å². The molecule has 0 spiro atoms. The van der Waals surface area contributed by atoms with E-state index < -0.39 is 10.9 Å². The first kappa shape index (κ1) is 25.7. The van der Waals surface area contributed by atoms with Crippen molar-refractivity contribution in [1.82, 2.24) is 0 Å². The minimum Gasteiger partial charge on any atom is -0.493 e. The molecule has 0 radical (unpaired) electrons. The number of halogens is 1. The molecule has 0 amide bonds. The Labute approximate surface area is 230 Å². The molecule has 6 nitrogen and oxygen atoms in total. The third-order valence-electron chi connectivity index (χ3n) is 6.29. The van der Waals surface area contributed by atoms with E-state index in [0.717, 1.165) is 16.7 Å². The first-order valence-corrected chi connectivity index (χ1v) is 13.1. The van der Waals surface area contributed by atoms with Crippen molar-refractivity contribution in [2.75, 3.05) is 14.2 Å². The van der Waals surface area contributed by atoms with Crippen LogP contribution in [0.15, 0.2) is 91.0 Å². The van der Waals surface area contributed by atoms with E-state index in [1.165, 1.54) is 7.11 Å². The molecule has 2 atom stereocenters. The van der Waals surface area contributed by atoms with E-state index >= 15 is 0 Å². The van der Waals surface area contributed by atoms with Gasteiger partial charge in [-0.05, 0) is 34.9 Å². The lowest BCUT2D eigenvalue weighted by atomic mass is 9.95. The molecular weight excluding hydrogens is 548 g/mol. The molecule has 194 valence electrons. The zero-order chi connectivity index (χ0) is 26.5. The molecule has 0 aromatic heterocycles. The van der Waals surface area contributed by atoms with Crippen LogP contribution in [0.4, 0.5) is 0 Å². The number of methoxy groups -OCH3 is 2. The Hall–Kier alpha value is -3.97. The largest absolute Gasteiger partial charge is 0.493 e. The summed E-state index contributed by atoms with van der Waals surface area (Å²) in [6.45, 7) is 0.768. The minimum atomic E-state index is -0.605. The topological polar surface area (TPSA) is 63.2 Å². The molecule has 38 heavy (non-hydrogen) atoms. The van der Waals surface area contributed by atoms with Crippen molar-refractivity contribution in [1.29, 1.82) is 0 Å². The van der Waals surface area contributed by atoms with Gasteiger partial charge >= 0.3 is 0 Å². The van der Waals surface area contributed by atoms with Crippen molar-refractivity contribution in [3.8, 4) is 28.7 Å². The van der Waals surface area contributed by atoms with Gasteiger partial charge in [0.05, 0.1) is 19.8 Å². The Morgan fingerprint density at radius 2 is 1.29 bits per heavy atom. The van der Waals surface area contributed by atoms with Crippen LogP contribution >= 0.6 is 15.9 Å². The van der Waals surface area contributed by atoms with Gasteiger partial charge in [-0.2, -0.15) is 0 Å². The predicted molar refractivity (Wildman–Crippen MR) is 148 cm³/mol. The summed E-state index contributed by atoms with van der Waals surface area (Å²) in [6.07, 6.45) is -0.588. The highest BCUT2D eigenvalue weighted by molar-refractivity contribution is 9.10. The highest BCUT2D eigenvalue weighted by Gasteiger charge is 2.38. The Morgan fingerprint density at radius 1 is 0.711 bits per heavy atom. The molecule has 0 saturated heterocycles. The van der Waals surface area contributed by atoms with Crippen LogP contribution in [0.5, 0.6) is 28.7 Å². The molecule has 4 aromatic rings. The summed E-state index contributed by atoms with van der Waals surface area (Å²) in [4.78, 5) is 12.7. The van der Waals surface area contributed by atoms with E-state index in [1.807, 2.05) is 78.9 Å². The smallest absolute Gasteiger partial charge is 0.184 e. The van der Waals surface area contributed by atoms with Gasteiger partial charge in [0.1, 0.15) is 29.9 Å². The van der Waals surface area contributed by atoms with Crippen LogP contribution in [0.2, 0.25) is 0 Å². The number of hydrogen-bond donors (Lipinski definition) is 0. The van der Waals surface area contributed by atoms with Gasteiger partial charge < -0.3 is 23.7 Å². The number of Topliss-reactive ketones (excluding diaryl/α,β-unsaturated/α-hetero) is 1. The lowest BCUT2D eigenvalue weighted by Gasteiger charge is -2.30. The number of rotatable bonds is 9. The van der Waals surface area contributed by atoms with E-state index in [0.29, 0.717) is 47.5 Å². The SMILES string of the molecule is COc1cc2c(cc1OC)C(=O)C(Br)C(c1ccc(OCc3ccccc3)c(OCc3ccccc3)c1)O2. The zero-order valence-corrected chi connectivity index (χ0v) is 22.6. The molecule has 1 aliphatic rings. The first-order valence-electron chi connectivity index (χ1n) is 12.2. The van der Waals surface area contributed by atoms with Crippen molar-refractivity contribution >= 4 is 21.7 Å². The minimum absolute atomic E-state index is 0.103. The van der Waals surface area contributed by atoms with Crippen LogP contribution in [0.1, 0.15) is 33.2 Å². The van der Waals surface area contributed by atoms with Crippen LogP contribution in [-0.4, -0.2) is 24.8 Å². The maximum Gasteiger partial charge on any atom is 0.184 e. The van der Waals surface area contributed by atoms with Crippen LogP contribution in [0.25, 0.3) is 0 Å². The second-order valence-corrected chi connectivity index (χ2v) is 9.75. The molecule has 0 bridgehead atoms. The molecular formula is C31H27BrO6. The van der Waals surface area contributed by atoms with Crippen molar-refractivity contribution in [3.63, 3.8) is 0 Å². The molecule has 1 aliphatic heterocycles. The summed E-state index contributed by atoms with van der Waals surface area (Å²) >= 11 is 3.57. The van der Waals surface area contributed by atoms with E-state index in [1.54, 1.807) is 19.2 Å². The Morgan fingerprint density at radius 3 is 1.89 bits per heavy atom. The monoisotopic (exact) mass is 574 g/mol. The van der Waals surface area contributed by atoms with Gasteiger partial charge in [-0.25, -0.2) is 0 Å². The van der Waals surface area contributed by atoms with Gasteiger partial charge in [-0.15, -0.1) is 0 Å². The predicted octanol–water partition coefficient (Wildman–Crippen LogP) is 6.94. The maximum absolute atomic E-state index is 13.3. The van der Waals surface area contributed by atoms with E-state index in [2.05, 4.69) is 15.9 Å². The van der Waals surface area contributed by atoms with E-state index in [9.17, 15) is 4.79 Å². The quantitative estimate of drug-likeness (QED) is 0.202. The third kappa shape index (κ3) is 5.48. The van der Waals surface area contributed by atoms with Gasteiger partial charge in [0, 0.05) is 6.07 Å². The lowest BCUT2D eigenvalue weighted by molar-refractivity contribution is 0.0870. The molecule has 0 saturated carbocycles. The second kappa shape index (κ2) is 11.6. The van der Waals surface area contributed by atoms with E-state index in [-0.39, 0.29) is 5.78 Å². The number of benzene rings is 4. The standard InChI is InChI=1S/C31H27BrO6/c1-34-26-16-23-25(17-27(26)35-2)38-31(29(32)30(23)33)22-13-14-24(36-18-20-9-5-3-6-10-20)28(15-22)37-19-21-11-7-4-8-12-21/h3-17,29,31H,18-19H2,1-2H3. The maximum atomic E-state index is 13.3. The summed E-state index contributed by atoms with van der Waals surface area (Å²) in [5.74, 6) is 2.46. The second-order valence-electron chi connectivity index (χ2n) is 8.76. The average Bonchev–Trinajstić information content (AvgIpc) is 2.97. The van der Waals surface area contributed by atoms with Gasteiger partial charge in [-0.3, -0.25) is 4.79 Å². The fourth-order valence-corrected chi connectivity index (χ4v) is 4.93. The number of ether oxygens (including phenoxy) is 5. The van der Waals surface area contributed by atoms with Crippen LogP contribution in [0, 0.1) is 0 Å². The lowest BCUT2D eigenvalue weighted by Crippen LogP contribution is -2.32. The number of hydrogen-bond acceptors (Lipinski definition) is 6. The summed E-state index contributed by atoms with van der Waals surface area (Å²) in [6, 6.07) is 28.8. The molecule has 5 rings (SSSR count).